The third-order valence-corrected chi connectivity index (χ3v) is 4.04. The Hall–Kier alpha value is -1.58. The van der Waals surface area contributed by atoms with Crippen molar-refractivity contribution in [2.24, 2.45) is 5.41 Å². The SMILES string of the molecule is Cc1cc(NCC2(C)CCCCC2)c(C(=O)O)cn1. The lowest BCUT2D eigenvalue weighted by Crippen LogP contribution is -2.29. The van der Waals surface area contributed by atoms with Gasteiger partial charge in [-0.25, -0.2) is 4.79 Å². The van der Waals surface area contributed by atoms with Gasteiger partial charge in [0, 0.05) is 18.4 Å². The molecular weight excluding hydrogens is 240 g/mol. The molecule has 0 atom stereocenters. The summed E-state index contributed by atoms with van der Waals surface area (Å²) in [5, 5.41) is 12.5. The highest BCUT2D eigenvalue weighted by Gasteiger charge is 2.26. The van der Waals surface area contributed by atoms with Crippen molar-refractivity contribution in [3.05, 3.63) is 23.5 Å². The number of aryl methyl sites for hydroxylation is 1. The first-order valence-electron chi connectivity index (χ1n) is 6.94. The average Bonchev–Trinajstić information content (AvgIpc) is 2.37. The van der Waals surface area contributed by atoms with Crippen LogP contribution in [0.3, 0.4) is 0 Å². The van der Waals surface area contributed by atoms with E-state index in [0.717, 1.165) is 12.2 Å². The summed E-state index contributed by atoms with van der Waals surface area (Å²) in [5.74, 6) is -0.927. The highest BCUT2D eigenvalue weighted by atomic mass is 16.4. The summed E-state index contributed by atoms with van der Waals surface area (Å²) < 4.78 is 0. The second-order valence-electron chi connectivity index (χ2n) is 5.90. The van der Waals surface area contributed by atoms with E-state index in [-0.39, 0.29) is 11.0 Å². The zero-order valence-corrected chi connectivity index (χ0v) is 11.7. The minimum Gasteiger partial charge on any atom is -0.478 e. The van der Waals surface area contributed by atoms with E-state index in [4.69, 9.17) is 0 Å². The number of carboxylic acids is 1. The number of pyridine rings is 1. The second-order valence-corrected chi connectivity index (χ2v) is 5.90. The van der Waals surface area contributed by atoms with Gasteiger partial charge in [0.25, 0.3) is 0 Å². The first-order valence-corrected chi connectivity index (χ1v) is 6.94. The molecule has 104 valence electrons. The molecule has 0 radical (unpaired) electrons. The predicted octanol–water partition coefficient (Wildman–Crippen LogP) is 3.47. The number of nitrogens with one attached hydrogen (secondary N) is 1. The number of aromatic carboxylic acids is 1. The molecule has 19 heavy (non-hydrogen) atoms. The van der Waals surface area contributed by atoms with Crippen LogP contribution in [0.5, 0.6) is 0 Å². The van der Waals surface area contributed by atoms with Crippen LogP contribution >= 0.6 is 0 Å². The van der Waals surface area contributed by atoms with Crippen molar-refractivity contribution in [2.75, 3.05) is 11.9 Å². The van der Waals surface area contributed by atoms with E-state index in [1.165, 1.54) is 38.3 Å². The Kier molecular flexibility index (Phi) is 4.08. The molecule has 1 aromatic rings. The van der Waals surface area contributed by atoms with Gasteiger partial charge in [-0.2, -0.15) is 0 Å². The summed E-state index contributed by atoms with van der Waals surface area (Å²) in [7, 11) is 0. The van der Waals surface area contributed by atoms with Crippen molar-refractivity contribution >= 4 is 11.7 Å². The van der Waals surface area contributed by atoms with Crippen molar-refractivity contribution in [1.82, 2.24) is 4.98 Å². The van der Waals surface area contributed by atoms with Gasteiger partial charge < -0.3 is 10.4 Å². The normalized spacial score (nSPS) is 18.0. The third-order valence-electron chi connectivity index (χ3n) is 4.04. The Labute approximate surface area is 114 Å². The molecule has 0 spiro atoms. The van der Waals surface area contributed by atoms with Gasteiger partial charge in [0.2, 0.25) is 0 Å². The Morgan fingerprint density at radius 2 is 2.11 bits per heavy atom. The summed E-state index contributed by atoms with van der Waals surface area (Å²) in [5.41, 5.74) is 2.06. The number of nitrogens with zero attached hydrogens (tertiary/aromatic N) is 1. The van der Waals surface area contributed by atoms with Gasteiger partial charge in [-0.05, 0) is 31.2 Å². The molecule has 0 bridgehead atoms. The lowest BCUT2D eigenvalue weighted by molar-refractivity contribution is 0.0697. The monoisotopic (exact) mass is 262 g/mol. The van der Waals surface area contributed by atoms with Crippen molar-refractivity contribution in [2.45, 2.75) is 46.0 Å². The molecule has 2 N–H and O–H groups in total. The average molecular weight is 262 g/mol. The number of rotatable bonds is 4. The first-order chi connectivity index (χ1) is 9.00. The van der Waals surface area contributed by atoms with Crippen LogP contribution in [0.4, 0.5) is 5.69 Å². The van der Waals surface area contributed by atoms with Crippen LogP contribution in [0.15, 0.2) is 12.3 Å². The van der Waals surface area contributed by atoms with Crippen molar-refractivity contribution in [3.63, 3.8) is 0 Å². The third kappa shape index (κ3) is 3.46. The molecule has 0 aliphatic heterocycles. The lowest BCUT2D eigenvalue weighted by atomic mass is 9.75. The van der Waals surface area contributed by atoms with Crippen LogP contribution in [0, 0.1) is 12.3 Å². The maximum atomic E-state index is 11.2. The van der Waals surface area contributed by atoms with Gasteiger partial charge in [-0.3, -0.25) is 4.98 Å². The standard InChI is InChI=1S/C15H22N2O2/c1-11-8-13(12(9-16-11)14(18)19)17-10-15(2)6-4-3-5-7-15/h8-9H,3-7,10H2,1-2H3,(H,16,17)(H,18,19). The van der Waals surface area contributed by atoms with Crippen molar-refractivity contribution in [3.8, 4) is 0 Å². The van der Waals surface area contributed by atoms with Crippen LogP contribution in [0.2, 0.25) is 0 Å². The molecule has 1 aliphatic carbocycles. The molecule has 1 heterocycles. The summed E-state index contributed by atoms with van der Waals surface area (Å²) >= 11 is 0. The van der Waals surface area contributed by atoms with E-state index >= 15 is 0 Å². The molecule has 4 heteroatoms. The van der Waals surface area contributed by atoms with Crippen molar-refractivity contribution < 1.29 is 9.90 Å². The Balaban J connectivity index is 2.10. The van der Waals surface area contributed by atoms with Gasteiger partial charge in [0.15, 0.2) is 0 Å². The number of anilines is 1. The molecule has 1 aromatic heterocycles. The van der Waals surface area contributed by atoms with Gasteiger partial charge in [0.1, 0.15) is 5.56 Å². The number of hydrogen-bond acceptors (Lipinski definition) is 3. The van der Waals surface area contributed by atoms with Crippen LogP contribution in [0.1, 0.15) is 55.1 Å². The largest absolute Gasteiger partial charge is 0.478 e. The van der Waals surface area contributed by atoms with E-state index < -0.39 is 5.97 Å². The minimum atomic E-state index is -0.927. The van der Waals surface area contributed by atoms with Gasteiger partial charge in [0.05, 0.1) is 5.69 Å². The van der Waals surface area contributed by atoms with Crippen LogP contribution in [-0.2, 0) is 0 Å². The highest BCUT2D eigenvalue weighted by molar-refractivity contribution is 5.93. The predicted molar refractivity (Wildman–Crippen MR) is 75.6 cm³/mol. The molecule has 1 aliphatic rings. The minimum absolute atomic E-state index is 0.255. The van der Waals surface area contributed by atoms with E-state index in [1.807, 2.05) is 13.0 Å². The molecule has 0 aromatic carbocycles. The topological polar surface area (TPSA) is 62.2 Å². The maximum Gasteiger partial charge on any atom is 0.339 e. The zero-order valence-electron chi connectivity index (χ0n) is 11.7. The summed E-state index contributed by atoms with van der Waals surface area (Å²) in [6.07, 6.45) is 7.74. The Morgan fingerprint density at radius 3 is 2.74 bits per heavy atom. The fourth-order valence-electron chi connectivity index (χ4n) is 2.77. The molecule has 0 saturated heterocycles. The van der Waals surface area contributed by atoms with E-state index in [2.05, 4.69) is 17.2 Å². The number of carboxylic acid groups (broad SMARTS) is 1. The van der Waals surface area contributed by atoms with Gasteiger partial charge in [-0.15, -0.1) is 0 Å². The summed E-state index contributed by atoms with van der Waals surface area (Å²) in [4.78, 5) is 15.2. The lowest BCUT2D eigenvalue weighted by Gasteiger charge is -2.34. The number of carbonyl (C=O) groups is 1. The number of hydrogen-bond donors (Lipinski definition) is 2. The fourth-order valence-corrected chi connectivity index (χ4v) is 2.77. The first kappa shape index (κ1) is 13.8. The van der Waals surface area contributed by atoms with Crippen LogP contribution in [0.25, 0.3) is 0 Å². The molecule has 2 rings (SSSR count). The van der Waals surface area contributed by atoms with E-state index in [9.17, 15) is 9.90 Å². The highest BCUT2D eigenvalue weighted by Crippen LogP contribution is 2.36. The van der Waals surface area contributed by atoms with Crippen LogP contribution < -0.4 is 5.32 Å². The van der Waals surface area contributed by atoms with Gasteiger partial charge in [-0.1, -0.05) is 26.2 Å². The maximum absolute atomic E-state index is 11.2. The smallest absolute Gasteiger partial charge is 0.339 e. The molecule has 1 fully saturated rings. The van der Waals surface area contributed by atoms with E-state index in [0.29, 0.717) is 5.69 Å². The van der Waals surface area contributed by atoms with E-state index in [1.54, 1.807) is 0 Å². The van der Waals surface area contributed by atoms with Crippen molar-refractivity contribution in [1.29, 1.82) is 0 Å². The molecular formula is C15H22N2O2. The molecule has 0 unspecified atom stereocenters. The Bertz CT molecular complexity index is 465. The van der Waals surface area contributed by atoms with Crippen LogP contribution in [-0.4, -0.2) is 22.6 Å². The molecule has 4 nitrogen and oxygen atoms in total. The fraction of sp³-hybridized carbons (Fsp3) is 0.600. The summed E-state index contributed by atoms with van der Waals surface area (Å²) in [6.45, 7) is 4.99. The second kappa shape index (κ2) is 5.59. The quantitative estimate of drug-likeness (QED) is 0.872. The number of aromatic nitrogens is 1. The summed E-state index contributed by atoms with van der Waals surface area (Å²) in [6, 6.07) is 1.82. The zero-order chi connectivity index (χ0) is 13.9. The Morgan fingerprint density at radius 1 is 1.42 bits per heavy atom. The molecule has 0 amide bonds. The molecule has 1 saturated carbocycles. The van der Waals surface area contributed by atoms with Gasteiger partial charge >= 0.3 is 5.97 Å².